The zero-order chi connectivity index (χ0) is 21.8. The van der Waals surface area contributed by atoms with Crippen molar-refractivity contribution in [3.63, 3.8) is 0 Å². The summed E-state index contributed by atoms with van der Waals surface area (Å²) in [5, 5.41) is 0. The van der Waals surface area contributed by atoms with E-state index < -0.39 is 0 Å². The number of aryl methyl sites for hydroxylation is 1. The van der Waals surface area contributed by atoms with Gasteiger partial charge in [-0.25, -0.2) is 9.97 Å². The van der Waals surface area contributed by atoms with Crippen LogP contribution in [0.2, 0.25) is 0 Å². The number of ether oxygens (including phenoxy) is 3. The predicted molar refractivity (Wildman–Crippen MR) is 115 cm³/mol. The molecule has 162 valence electrons. The third-order valence-corrected chi connectivity index (χ3v) is 5.18. The van der Waals surface area contributed by atoms with Crippen molar-refractivity contribution in [3.05, 3.63) is 35.3 Å². The Morgan fingerprint density at radius 3 is 2.03 bits per heavy atom. The van der Waals surface area contributed by atoms with E-state index in [1.807, 2.05) is 17.9 Å². The zero-order valence-corrected chi connectivity index (χ0v) is 18.6. The number of amides is 1. The van der Waals surface area contributed by atoms with E-state index in [0.29, 0.717) is 49.0 Å². The van der Waals surface area contributed by atoms with E-state index in [1.165, 1.54) is 0 Å². The fourth-order valence-corrected chi connectivity index (χ4v) is 3.52. The maximum absolute atomic E-state index is 13.1. The van der Waals surface area contributed by atoms with Crippen LogP contribution in [0.3, 0.4) is 0 Å². The van der Waals surface area contributed by atoms with Crippen molar-refractivity contribution in [2.75, 3.05) is 52.4 Å². The summed E-state index contributed by atoms with van der Waals surface area (Å²) < 4.78 is 16.1. The van der Waals surface area contributed by atoms with Gasteiger partial charge >= 0.3 is 0 Å². The van der Waals surface area contributed by atoms with E-state index in [4.69, 9.17) is 19.2 Å². The molecule has 3 rings (SSSR count). The molecule has 0 unspecified atom stereocenters. The summed E-state index contributed by atoms with van der Waals surface area (Å²) in [6.45, 7) is 8.81. The van der Waals surface area contributed by atoms with Crippen molar-refractivity contribution >= 4 is 11.7 Å². The lowest BCUT2D eigenvalue weighted by Gasteiger charge is -2.35. The minimum Gasteiger partial charge on any atom is -0.493 e. The number of carbonyl (C=O) groups is 1. The Bertz CT molecular complexity index is 883. The van der Waals surface area contributed by atoms with Gasteiger partial charge in [-0.3, -0.25) is 4.79 Å². The molecule has 2 heterocycles. The van der Waals surface area contributed by atoms with Gasteiger partial charge in [0.1, 0.15) is 11.6 Å². The summed E-state index contributed by atoms with van der Waals surface area (Å²) in [4.78, 5) is 26.4. The van der Waals surface area contributed by atoms with Gasteiger partial charge in [0, 0.05) is 49.4 Å². The van der Waals surface area contributed by atoms with Crippen molar-refractivity contribution < 1.29 is 19.0 Å². The number of rotatable bonds is 6. The first-order valence-corrected chi connectivity index (χ1v) is 10.1. The van der Waals surface area contributed by atoms with Gasteiger partial charge in [0.15, 0.2) is 11.5 Å². The number of piperazine rings is 1. The molecular formula is C22H30N4O4. The van der Waals surface area contributed by atoms with Gasteiger partial charge in [-0.2, -0.15) is 0 Å². The highest BCUT2D eigenvalue weighted by Gasteiger charge is 2.25. The average Bonchev–Trinajstić information content (AvgIpc) is 2.77. The van der Waals surface area contributed by atoms with Crippen LogP contribution in [0, 0.1) is 6.92 Å². The first-order chi connectivity index (χ1) is 14.4. The Hall–Kier alpha value is -3.03. The molecule has 1 aliphatic rings. The lowest BCUT2D eigenvalue weighted by Crippen LogP contribution is -2.49. The quantitative estimate of drug-likeness (QED) is 0.719. The SMILES string of the molecule is COc1cc(C(=O)N2CCN(c3cc(C)nc(C(C)C)n3)CC2)cc(OC)c1OC. The molecule has 2 aromatic rings. The predicted octanol–water partition coefficient (Wildman–Crippen LogP) is 2.90. The second-order valence-electron chi connectivity index (χ2n) is 7.57. The highest BCUT2D eigenvalue weighted by atomic mass is 16.5. The Balaban J connectivity index is 1.75. The van der Waals surface area contributed by atoms with Crippen LogP contribution in [-0.4, -0.2) is 68.3 Å². The topological polar surface area (TPSA) is 77.0 Å². The molecule has 0 spiro atoms. The molecule has 1 fully saturated rings. The average molecular weight is 415 g/mol. The van der Waals surface area contributed by atoms with Crippen molar-refractivity contribution in [3.8, 4) is 17.2 Å². The van der Waals surface area contributed by atoms with Gasteiger partial charge in [-0.05, 0) is 19.1 Å². The maximum Gasteiger partial charge on any atom is 0.254 e. The third kappa shape index (κ3) is 4.42. The van der Waals surface area contributed by atoms with E-state index in [-0.39, 0.29) is 11.8 Å². The van der Waals surface area contributed by atoms with Crippen molar-refractivity contribution in [1.29, 1.82) is 0 Å². The molecular weight excluding hydrogens is 384 g/mol. The minimum absolute atomic E-state index is 0.0596. The summed E-state index contributed by atoms with van der Waals surface area (Å²) in [5.74, 6) is 3.39. The first kappa shape index (κ1) is 21.7. The molecule has 30 heavy (non-hydrogen) atoms. The standard InChI is InChI=1S/C22H30N4O4/c1-14(2)21-23-15(3)11-19(24-21)25-7-9-26(10-8-25)22(27)16-12-17(28-4)20(30-6)18(13-16)29-5/h11-14H,7-10H2,1-6H3. The largest absolute Gasteiger partial charge is 0.493 e. The Kier molecular flexibility index (Phi) is 6.64. The molecule has 0 aliphatic carbocycles. The molecule has 1 aliphatic heterocycles. The van der Waals surface area contributed by atoms with Gasteiger partial charge in [-0.1, -0.05) is 13.8 Å². The molecule has 0 N–H and O–H groups in total. The van der Waals surface area contributed by atoms with Crippen LogP contribution in [0.15, 0.2) is 18.2 Å². The van der Waals surface area contributed by atoms with Crippen molar-refractivity contribution in [1.82, 2.24) is 14.9 Å². The van der Waals surface area contributed by atoms with E-state index in [1.54, 1.807) is 33.5 Å². The van der Waals surface area contributed by atoms with Crippen LogP contribution in [0.25, 0.3) is 0 Å². The van der Waals surface area contributed by atoms with Gasteiger partial charge in [0.2, 0.25) is 5.75 Å². The van der Waals surface area contributed by atoms with E-state index >= 15 is 0 Å². The van der Waals surface area contributed by atoms with Gasteiger partial charge in [0.25, 0.3) is 5.91 Å². The van der Waals surface area contributed by atoms with E-state index in [0.717, 1.165) is 17.3 Å². The summed E-state index contributed by atoms with van der Waals surface area (Å²) >= 11 is 0. The van der Waals surface area contributed by atoms with Crippen LogP contribution in [-0.2, 0) is 0 Å². The van der Waals surface area contributed by atoms with Crippen molar-refractivity contribution in [2.24, 2.45) is 0 Å². The molecule has 0 radical (unpaired) electrons. The lowest BCUT2D eigenvalue weighted by molar-refractivity contribution is 0.0745. The van der Waals surface area contributed by atoms with Crippen LogP contribution < -0.4 is 19.1 Å². The highest BCUT2D eigenvalue weighted by Crippen LogP contribution is 2.38. The second kappa shape index (κ2) is 9.19. The number of carbonyl (C=O) groups excluding carboxylic acids is 1. The number of methoxy groups -OCH3 is 3. The number of aromatic nitrogens is 2. The van der Waals surface area contributed by atoms with Crippen LogP contribution in [0.1, 0.15) is 41.6 Å². The summed E-state index contributed by atoms with van der Waals surface area (Å²) in [5.41, 5.74) is 1.47. The molecule has 1 amide bonds. The first-order valence-electron chi connectivity index (χ1n) is 10.1. The molecule has 0 atom stereocenters. The molecule has 0 bridgehead atoms. The number of nitrogens with zero attached hydrogens (tertiary/aromatic N) is 4. The number of anilines is 1. The molecule has 8 heteroatoms. The van der Waals surface area contributed by atoms with Crippen molar-refractivity contribution in [2.45, 2.75) is 26.7 Å². The Morgan fingerprint density at radius 2 is 1.53 bits per heavy atom. The van der Waals surface area contributed by atoms with E-state index in [9.17, 15) is 4.79 Å². The summed E-state index contributed by atoms with van der Waals surface area (Å²) in [6, 6.07) is 5.39. The minimum atomic E-state index is -0.0596. The third-order valence-electron chi connectivity index (χ3n) is 5.18. The van der Waals surface area contributed by atoms with Crippen LogP contribution in [0.4, 0.5) is 5.82 Å². The maximum atomic E-state index is 13.1. The lowest BCUT2D eigenvalue weighted by atomic mass is 10.1. The fraction of sp³-hybridized carbons (Fsp3) is 0.500. The smallest absolute Gasteiger partial charge is 0.254 e. The number of benzene rings is 1. The monoisotopic (exact) mass is 414 g/mol. The van der Waals surface area contributed by atoms with E-state index in [2.05, 4.69) is 23.7 Å². The van der Waals surface area contributed by atoms with Gasteiger partial charge < -0.3 is 24.0 Å². The Morgan fingerprint density at radius 1 is 0.933 bits per heavy atom. The fourth-order valence-electron chi connectivity index (χ4n) is 3.52. The van der Waals surface area contributed by atoms with Crippen LogP contribution >= 0.6 is 0 Å². The van der Waals surface area contributed by atoms with Crippen LogP contribution in [0.5, 0.6) is 17.2 Å². The van der Waals surface area contributed by atoms with Gasteiger partial charge in [0.05, 0.1) is 21.3 Å². The molecule has 1 aromatic carbocycles. The molecule has 8 nitrogen and oxygen atoms in total. The number of hydrogen-bond acceptors (Lipinski definition) is 7. The normalized spacial score (nSPS) is 14.1. The summed E-state index contributed by atoms with van der Waals surface area (Å²) in [6.07, 6.45) is 0. The zero-order valence-electron chi connectivity index (χ0n) is 18.6. The molecule has 0 saturated carbocycles. The van der Waals surface area contributed by atoms with Gasteiger partial charge in [-0.15, -0.1) is 0 Å². The number of hydrogen-bond donors (Lipinski definition) is 0. The highest BCUT2D eigenvalue weighted by molar-refractivity contribution is 5.95. The molecule has 1 saturated heterocycles. The summed E-state index contributed by atoms with van der Waals surface area (Å²) in [7, 11) is 4.62. The second-order valence-corrected chi connectivity index (χ2v) is 7.57. The molecule has 1 aromatic heterocycles. The Labute approximate surface area is 177 Å².